The molecule has 1 atom stereocenters. The van der Waals surface area contributed by atoms with E-state index in [0.717, 1.165) is 30.7 Å². The molecule has 4 nitrogen and oxygen atoms in total. The molecule has 1 heterocycles. The maximum absolute atomic E-state index is 12.6. The molecule has 2 aromatic carbocycles. The number of amides is 1. The fraction of sp³-hybridized carbons (Fsp3) is 0.350. The minimum Gasteiger partial charge on any atom is -0.490 e. The molecular formula is C20H23NO3. The number of hydrogen-bond donors (Lipinski definition) is 1. The Morgan fingerprint density at radius 2 is 2.08 bits per heavy atom. The van der Waals surface area contributed by atoms with Crippen LogP contribution in [0.1, 0.15) is 34.3 Å². The molecular weight excluding hydrogens is 302 g/mol. The zero-order valence-electron chi connectivity index (χ0n) is 14.2. The van der Waals surface area contributed by atoms with Crippen molar-refractivity contribution in [2.45, 2.75) is 32.8 Å². The van der Waals surface area contributed by atoms with E-state index in [1.807, 2.05) is 44.2 Å². The summed E-state index contributed by atoms with van der Waals surface area (Å²) in [5.41, 5.74) is 3.57. The summed E-state index contributed by atoms with van der Waals surface area (Å²) in [5, 5.41) is 2.97. The minimum absolute atomic E-state index is 0.125. The van der Waals surface area contributed by atoms with E-state index >= 15 is 0 Å². The highest BCUT2D eigenvalue weighted by atomic mass is 16.5. The van der Waals surface area contributed by atoms with Crippen LogP contribution in [-0.2, 0) is 4.74 Å². The first-order chi connectivity index (χ1) is 11.6. The molecule has 1 aliphatic rings. The second-order valence-corrected chi connectivity index (χ2v) is 6.21. The van der Waals surface area contributed by atoms with Gasteiger partial charge in [-0.3, -0.25) is 4.79 Å². The first-order valence-electron chi connectivity index (χ1n) is 8.35. The molecule has 2 aromatic rings. The van der Waals surface area contributed by atoms with E-state index in [2.05, 4.69) is 11.4 Å². The quantitative estimate of drug-likeness (QED) is 0.900. The van der Waals surface area contributed by atoms with Gasteiger partial charge in [0.25, 0.3) is 5.91 Å². The lowest BCUT2D eigenvalue weighted by Crippen LogP contribution is -2.19. The molecule has 4 heteroatoms. The van der Waals surface area contributed by atoms with Crippen molar-refractivity contribution in [3.63, 3.8) is 0 Å². The minimum atomic E-state index is -0.162. The predicted octanol–water partition coefficient (Wildman–Crippen LogP) is 4.11. The summed E-state index contributed by atoms with van der Waals surface area (Å²) in [7, 11) is 0. The van der Waals surface area contributed by atoms with E-state index in [4.69, 9.17) is 9.47 Å². The third-order valence-corrected chi connectivity index (χ3v) is 4.21. The number of ether oxygens (including phenoxy) is 2. The van der Waals surface area contributed by atoms with E-state index in [1.54, 1.807) is 6.07 Å². The molecule has 1 aliphatic heterocycles. The summed E-state index contributed by atoms with van der Waals surface area (Å²) < 4.78 is 11.4. The molecule has 1 amide bonds. The Hall–Kier alpha value is -2.33. The molecule has 24 heavy (non-hydrogen) atoms. The van der Waals surface area contributed by atoms with Gasteiger partial charge in [0.1, 0.15) is 12.4 Å². The van der Waals surface area contributed by atoms with Gasteiger partial charge in [0, 0.05) is 12.3 Å². The molecule has 126 valence electrons. The molecule has 1 saturated heterocycles. The van der Waals surface area contributed by atoms with Gasteiger partial charge in [0.15, 0.2) is 0 Å². The zero-order chi connectivity index (χ0) is 16.9. The van der Waals surface area contributed by atoms with E-state index < -0.39 is 0 Å². The van der Waals surface area contributed by atoms with Gasteiger partial charge in [-0.25, -0.2) is 0 Å². The molecule has 0 aliphatic carbocycles. The standard InChI is InChI=1S/C20H23NO3/c1-14-9-10-18(15(2)12-14)21-20(22)17-7-3-4-8-19(17)24-13-16-6-5-11-23-16/h3-4,7-10,12,16H,5-6,11,13H2,1-2H3,(H,21,22)/t16-/m0/s1. The van der Waals surface area contributed by atoms with Gasteiger partial charge in [-0.15, -0.1) is 0 Å². The average molecular weight is 325 g/mol. The van der Waals surface area contributed by atoms with Gasteiger partial charge in [0.2, 0.25) is 0 Å². The lowest BCUT2D eigenvalue weighted by atomic mass is 10.1. The molecule has 0 spiro atoms. The van der Waals surface area contributed by atoms with Gasteiger partial charge >= 0.3 is 0 Å². The summed E-state index contributed by atoms with van der Waals surface area (Å²) in [4.78, 5) is 12.6. The highest BCUT2D eigenvalue weighted by Crippen LogP contribution is 2.23. The van der Waals surface area contributed by atoms with Crippen molar-refractivity contribution in [1.82, 2.24) is 0 Å². The Morgan fingerprint density at radius 1 is 1.25 bits per heavy atom. The second-order valence-electron chi connectivity index (χ2n) is 6.21. The maximum atomic E-state index is 12.6. The fourth-order valence-electron chi connectivity index (χ4n) is 2.88. The molecule has 0 saturated carbocycles. The summed E-state index contributed by atoms with van der Waals surface area (Å²) in [6, 6.07) is 13.3. The first-order valence-corrected chi connectivity index (χ1v) is 8.35. The molecule has 1 fully saturated rings. The molecule has 0 unspecified atom stereocenters. The Bertz CT molecular complexity index is 721. The van der Waals surface area contributed by atoms with Crippen LogP contribution in [0.3, 0.4) is 0 Å². The summed E-state index contributed by atoms with van der Waals surface area (Å²) >= 11 is 0. The Balaban J connectivity index is 1.72. The lowest BCUT2D eigenvalue weighted by molar-refractivity contribution is 0.0673. The third-order valence-electron chi connectivity index (χ3n) is 4.21. The number of rotatable bonds is 5. The lowest BCUT2D eigenvalue weighted by Gasteiger charge is -2.15. The summed E-state index contributed by atoms with van der Waals surface area (Å²) in [5.74, 6) is 0.431. The van der Waals surface area contributed by atoms with Crippen LogP contribution in [-0.4, -0.2) is 25.2 Å². The molecule has 1 N–H and O–H groups in total. The van der Waals surface area contributed by atoms with E-state index in [1.165, 1.54) is 5.56 Å². The molecule has 0 bridgehead atoms. The van der Waals surface area contributed by atoms with Crippen LogP contribution in [0, 0.1) is 13.8 Å². The highest BCUT2D eigenvalue weighted by Gasteiger charge is 2.18. The van der Waals surface area contributed by atoms with Crippen molar-refractivity contribution in [3.05, 3.63) is 59.2 Å². The second kappa shape index (κ2) is 7.49. The largest absolute Gasteiger partial charge is 0.490 e. The number of carbonyl (C=O) groups is 1. The van der Waals surface area contributed by atoms with Crippen LogP contribution in [0.25, 0.3) is 0 Å². The average Bonchev–Trinajstić information content (AvgIpc) is 3.09. The summed E-state index contributed by atoms with van der Waals surface area (Å²) in [6.45, 7) is 5.30. The molecule has 0 aromatic heterocycles. The zero-order valence-corrected chi connectivity index (χ0v) is 14.2. The maximum Gasteiger partial charge on any atom is 0.259 e. The van der Waals surface area contributed by atoms with E-state index in [0.29, 0.717) is 17.9 Å². The van der Waals surface area contributed by atoms with Crippen molar-refractivity contribution in [1.29, 1.82) is 0 Å². The number of para-hydroxylation sites is 1. The van der Waals surface area contributed by atoms with Gasteiger partial charge in [-0.2, -0.15) is 0 Å². The van der Waals surface area contributed by atoms with Crippen molar-refractivity contribution >= 4 is 11.6 Å². The first kappa shape index (κ1) is 16.5. The fourth-order valence-corrected chi connectivity index (χ4v) is 2.88. The van der Waals surface area contributed by atoms with E-state index in [-0.39, 0.29) is 12.0 Å². The van der Waals surface area contributed by atoms with Crippen LogP contribution in [0.5, 0.6) is 5.75 Å². The predicted molar refractivity (Wildman–Crippen MR) is 94.8 cm³/mol. The topological polar surface area (TPSA) is 47.6 Å². The van der Waals surface area contributed by atoms with Crippen molar-refractivity contribution in [2.24, 2.45) is 0 Å². The van der Waals surface area contributed by atoms with Crippen LogP contribution in [0.15, 0.2) is 42.5 Å². The van der Waals surface area contributed by atoms with Gasteiger partial charge < -0.3 is 14.8 Å². The smallest absolute Gasteiger partial charge is 0.259 e. The number of carbonyl (C=O) groups excluding carboxylic acids is 1. The van der Waals surface area contributed by atoms with Crippen LogP contribution in [0.4, 0.5) is 5.69 Å². The Labute approximate surface area is 142 Å². The van der Waals surface area contributed by atoms with Crippen LogP contribution >= 0.6 is 0 Å². The Kier molecular flexibility index (Phi) is 5.16. The Morgan fingerprint density at radius 3 is 2.83 bits per heavy atom. The molecule has 3 rings (SSSR count). The normalized spacial score (nSPS) is 16.8. The van der Waals surface area contributed by atoms with Gasteiger partial charge in [0.05, 0.1) is 11.7 Å². The van der Waals surface area contributed by atoms with Gasteiger partial charge in [-0.1, -0.05) is 29.8 Å². The van der Waals surface area contributed by atoms with Crippen LogP contribution < -0.4 is 10.1 Å². The summed E-state index contributed by atoms with van der Waals surface area (Å²) in [6.07, 6.45) is 2.21. The third kappa shape index (κ3) is 3.95. The number of benzene rings is 2. The van der Waals surface area contributed by atoms with Crippen molar-refractivity contribution in [2.75, 3.05) is 18.5 Å². The number of nitrogens with one attached hydrogen (secondary N) is 1. The SMILES string of the molecule is Cc1ccc(NC(=O)c2ccccc2OC[C@@H]2CCCO2)c(C)c1. The number of aryl methyl sites for hydroxylation is 2. The van der Waals surface area contributed by atoms with Gasteiger partial charge in [-0.05, 0) is 50.5 Å². The monoisotopic (exact) mass is 325 g/mol. The van der Waals surface area contributed by atoms with Crippen LogP contribution in [0.2, 0.25) is 0 Å². The molecule has 0 radical (unpaired) electrons. The van der Waals surface area contributed by atoms with E-state index in [9.17, 15) is 4.79 Å². The van der Waals surface area contributed by atoms with Crippen molar-refractivity contribution in [3.8, 4) is 5.75 Å². The number of hydrogen-bond acceptors (Lipinski definition) is 3. The number of anilines is 1. The van der Waals surface area contributed by atoms with Crippen molar-refractivity contribution < 1.29 is 14.3 Å². The highest BCUT2D eigenvalue weighted by molar-refractivity contribution is 6.06.